The molecule has 0 atom stereocenters. The first kappa shape index (κ1) is 15.3. The van der Waals surface area contributed by atoms with Crippen LogP contribution in [0.4, 0.5) is 5.13 Å². The average molecular weight is 325 g/mol. The lowest BCUT2D eigenvalue weighted by atomic mass is 10.1. The number of amides is 1. The van der Waals surface area contributed by atoms with Crippen LogP contribution in [0, 0.1) is 6.92 Å². The number of aromatic nitrogens is 2. The minimum Gasteiger partial charge on any atom is -0.302 e. The summed E-state index contributed by atoms with van der Waals surface area (Å²) in [6.45, 7) is 2.02. The Labute approximate surface area is 137 Å². The van der Waals surface area contributed by atoms with Gasteiger partial charge in [0.25, 0.3) is 0 Å². The summed E-state index contributed by atoms with van der Waals surface area (Å²) in [6, 6.07) is 9.36. The van der Waals surface area contributed by atoms with Crippen molar-refractivity contribution in [3.63, 3.8) is 0 Å². The van der Waals surface area contributed by atoms with Gasteiger partial charge in [-0.25, -0.2) is 4.98 Å². The molecule has 23 heavy (non-hydrogen) atoms. The van der Waals surface area contributed by atoms with Gasteiger partial charge in [0.2, 0.25) is 5.91 Å². The predicted molar refractivity (Wildman–Crippen MR) is 90.8 cm³/mol. The summed E-state index contributed by atoms with van der Waals surface area (Å²) in [5.74, 6) is -0.300. The quantitative estimate of drug-likeness (QED) is 0.728. The van der Waals surface area contributed by atoms with E-state index >= 15 is 0 Å². The summed E-state index contributed by atoms with van der Waals surface area (Å²) < 4.78 is 1.03. The Morgan fingerprint density at radius 1 is 1.22 bits per heavy atom. The highest BCUT2D eigenvalue weighted by atomic mass is 32.1. The number of nitrogens with zero attached hydrogens (tertiary/aromatic N) is 2. The average Bonchev–Trinajstić information content (AvgIpc) is 2.94. The number of benzene rings is 1. The molecule has 3 rings (SSSR count). The number of pyridine rings is 1. The van der Waals surface area contributed by atoms with Crippen molar-refractivity contribution < 1.29 is 9.59 Å². The zero-order valence-electron chi connectivity index (χ0n) is 12.6. The number of carbonyl (C=O) groups excluding carboxylic acids is 2. The smallest absolute Gasteiger partial charge is 0.226 e. The Bertz CT molecular complexity index is 859. The van der Waals surface area contributed by atoms with Crippen LogP contribution >= 0.6 is 11.3 Å². The van der Waals surface area contributed by atoms with E-state index in [1.807, 2.05) is 25.1 Å². The van der Waals surface area contributed by atoms with Crippen LogP contribution in [0.1, 0.15) is 28.8 Å². The maximum Gasteiger partial charge on any atom is 0.226 e. The van der Waals surface area contributed by atoms with E-state index in [1.54, 1.807) is 18.3 Å². The molecule has 1 amide bonds. The molecule has 3 aromatic rings. The number of rotatable bonds is 5. The summed E-state index contributed by atoms with van der Waals surface area (Å²) in [5, 5.41) is 3.32. The molecule has 1 N–H and O–H groups in total. The largest absolute Gasteiger partial charge is 0.302 e. The topological polar surface area (TPSA) is 72.0 Å². The van der Waals surface area contributed by atoms with Gasteiger partial charge >= 0.3 is 0 Å². The fourth-order valence-corrected chi connectivity index (χ4v) is 3.15. The molecule has 0 saturated carbocycles. The maximum absolute atomic E-state index is 12.0. The van der Waals surface area contributed by atoms with Crippen molar-refractivity contribution in [3.05, 3.63) is 53.9 Å². The van der Waals surface area contributed by atoms with E-state index in [2.05, 4.69) is 15.3 Å². The monoisotopic (exact) mass is 325 g/mol. The van der Waals surface area contributed by atoms with E-state index in [-0.39, 0.29) is 24.5 Å². The Hall–Kier alpha value is -2.60. The summed E-state index contributed by atoms with van der Waals surface area (Å²) in [7, 11) is 0. The van der Waals surface area contributed by atoms with Crippen LogP contribution in [-0.4, -0.2) is 21.7 Å². The van der Waals surface area contributed by atoms with Gasteiger partial charge in [0, 0.05) is 30.8 Å². The molecule has 0 radical (unpaired) electrons. The van der Waals surface area contributed by atoms with Crippen LogP contribution in [0.3, 0.4) is 0 Å². The van der Waals surface area contributed by atoms with E-state index in [0.29, 0.717) is 10.7 Å². The lowest BCUT2D eigenvalue weighted by Gasteiger charge is -2.01. The fraction of sp³-hybridized carbons (Fsp3) is 0.176. The van der Waals surface area contributed by atoms with Crippen LogP contribution in [0.5, 0.6) is 0 Å². The first-order chi connectivity index (χ1) is 11.1. The molecule has 5 nitrogen and oxygen atoms in total. The second-order valence-electron chi connectivity index (χ2n) is 5.20. The zero-order chi connectivity index (χ0) is 16.2. The van der Waals surface area contributed by atoms with Crippen LogP contribution in [0.15, 0.2) is 42.7 Å². The third kappa shape index (κ3) is 3.78. The number of fused-ring (bicyclic) bond motifs is 1. The highest BCUT2D eigenvalue weighted by Crippen LogP contribution is 2.26. The molecule has 0 aliphatic rings. The molecule has 0 fully saturated rings. The number of aryl methyl sites for hydroxylation is 1. The number of thiazole rings is 1. The lowest BCUT2D eigenvalue weighted by molar-refractivity contribution is -0.116. The number of hydrogen-bond donors (Lipinski definition) is 1. The van der Waals surface area contributed by atoms with Gasteiger partial charge in [-0.1, -0.05) is 17.4 Å². The van der Waals surface area contributed by atoms with E-state index < -0.39 is 0 Å². The first-order valence-electron chi connectivity index (χ1n) is 7.22. The van der Waals surface area contributed by atoms with E-state index in [1.165, 1.54) is 17.5 Å². The van der Waals surface area contributed by atoms with Gasteiger partial charge in [-0.2, -0.15) is 0 Å². The van der Waals surface area contributed by atoms with Crippen molar-refractivity contribution in [2.24, 2.45) is 0 Å². The fourth-order valence-electron chi connectivity index (χ4n) is 2.17. The number of ketones is 1. The van der Waals surface area contributed by atoms with Crippen molar-refractivity contribution in [3.8, 4) is 0 Å². The molecule has 2 aromatic heterocycles. The van der Waals surface area contributed by atoms with Gasteiger partial charge in [-0.15, -0.1) is 0 Å². The molecule has 2 heterocycles. The molecule has 0 aliphatic heterocycles. The Morgan fingerprint density at radius 2 is 2.09 bits per heavy atom. The summed E-state index contributed by atoms with van der Waals surface area (Å²) in [4.78, 5) is 32.2. The number of hydrogen-bond acceptors (Lipinski definition) is 5. The van der Waals surface area contributed by atoms with Crippen molar-refractivity contribution in [1.29, 1.82) is 0 Å². The van der Waals surface area contributed by atoms with Crippen molar-refractivity contribution >= 4 is 38.4 Å². The Balaban J connectivity index is 1.59. The molecule has 1 aromatic carbocycles. The molecule has 0 saturated heterocycles. The highest BCUT2D eigenvalue weighted by Gasteiger charge is 2.11. The molecular formula is C17H15N3O2S. The van der Waals surface area contributed by atoms with E-state index in [4.69, 9.17) is 0 Å². The molecule has 0 bridgehead atoms. The second kappa shape index (κ2) is 6.66. The van der Waals surface area contributed by atoms with Crippen LogP contribution in [-0.2, 0) is 4.79 Å². The minimum atomic E-state index is -0.210. The van der Waals surface area contributed by atoms with Crippen molar-refractivity contribution in [2.45, 2.75) is 19.8 Å². The molecule has 6 heteroatoms. The number of carbonyl (C=O) groups is 2. The van der Waals surface area contributed by atoms with Gasteiger partial charge < -0.3 is 5.32 Å². The molecule has 116 valence electrons. The number of nitrogens with one attached hydrogen (secondary N) is 1. The Morgan fingerprint density at radius 3 is 2.87 bits per heavy atom. The highest BCUT2D eigenvalue weighted by molar-refractivity contribution is 7.22. The maximum atomic E-state index is 12.0. The van der Waals surface area contributed by atoms with Crippen LogP contribution in [0.25, 0.3) is 10.2 Å². The molecule has 0 unspecified atom stereocenters. The SMILES string of the molecule is Cc1ccc2nc(NC(=O)CCC(=O)c3cccnc3)sc2c1. The van der Waals surface area contributed by atoms with Crippen molar-refractivity contribution in [1.82, 2.24) is 9.97 Å². The van der Waals surface area contributed by atoms with Gasteiger partial charge in [-0.05, 0) is 36.8 Å². The standard InChI is InChI=1S/C17H15N3O2S/c1-11-4-5-13-15(9-11)23-17(19-13)20-16(22)7-6-14(21)12-3-2-8-18-10-12/h2-5,8-10H,6-7H2,1H3,(H,19,20,22). The molecule has 0 aliphatic carbocycles. The first-order valence-corrected chi connectivity index (χ1v) is 8.04. The van der Waals surface area contributed by atoms with E-state index in [0.717, 1.165) is 15.8 Å². The van der Waals surface area contributed by atoms with Gasteiger partial charge in [0.05, 0.1) is 10.2 Å². The summed E-state index contributed by atoms with van der Waals surface area (Å²) >= 11 is 1.43. The van der Waals surface area contributed by atoms with Gasteiger partial charge in [0.15, 0.2) is 10.9 Å². The normalized spacial score (nSPS) is 10.7. The minimum absolute atomic E-state index is 0.0897. The number of anilines is 1. The molecule has 0 spiro atoms. The van der Waals surface area contributed by atoms with Gasteiger partial charge in [0.1, 0.15) is 0 Å². The van der Waals surface area contributed by atoms with E-state index in [9.17, 15) is 9.59 Å². The summed E-state index contributed by atoms with van der Waals surface area (Å²) in [6.07, 6.45) is 3.40. The van der Waals surface area contributed by atoms with Crippen molar-refractivity contribution in [2.75, 3.05) is 5.32 Å². The van der Waals surface area contributed by atoms with Crippen LogP contribution < -0.4 is 5.32 Å². The zero-order valence-corrected chi connectivity index (χ0v) is 13.4. The van der Waals surface area contributed by atoms with Gasteiger partial charge in [-0.3, -0.25) is 14.6 Å². The third-order valence-electron chi connectivity index (χ3n) is 3.35. The lowest BCUT2D eigenvalue weighted by Crippen LogP contribution is -2.13. The number of Topliss-reactive ketones (excluding diaryl/α,β-unsaturated/α-hetero) is 1. The summed E-state index contributed by atoms with van der Waals surface area (Å²) in [5.41, 5.74) is 2.54. The van der Waals surface area contributed by atoms with Crippen LogP contribution in [0.2, 0.25) is 0 Å². The third-order valence-corrected chi connectivity index (χ3v) is 4.29. The molecular weight excluding hydrogens is 310 g/mol. The predicted octanol–water partition coefficient (Wildman–Crippen LogP) is 3.60. The second-order valence-corrected chi connectivity index (χ2v) is 6.23. The Kier molecular flexibility index (Phi) is 4.43.